The minimum Gasteiger partial charge on any atom is -0.392 e. The Morgan fingerprint density at radius 1 is 1.15 bits per heavy atom. The second kappa shape index (κ2) is 8.06. The molecule has 1 amide bonds. The lowest BCUT2D eigenvalue weighted by atomic mass is 10.1. The number of imidazole rings is 1. The number of carbonyl (C=O) groups excluding carboxylic acids is 1. The molecule has 4 heterocycles. The maximum Gasteiger partial charge on any atom is 0.274 e. The summed E-state index contributed by atoms with van der Waals surface area (Å²) in [6.07, 6.45) is 9.49. The first-order valence-electron chi connectivity index (χ1n) is 9.86. The van der Waals surface area contributed by atoms with Crippen molar-refractivity contribution >= 4 is 22.2 Å². The van der Waals surface area contributed by atoms with Crippen LogP contribution in [0.4, 0.5) is 0 Å². The molecule has 26 heavy (non-hydrogen) atoms. The average molecular weight is 377 g/mol. The van der Waals surface area contributed by atoms with Crippen LogP contribution in [0.1, 0.15) is 61.1 Å². The van der Waals surface area contributed by atoms with Crippen LogP contribution in [0, 0.1) is 0 Å². The van der Waals surface area contributed by atoms with Gasteiger partial charge in [-0.15, -0.1) is 11.3 Å². The first-order chi connectivity index (χ1) is 12.7. The molecular formula is C19H28N4O2S. The van der Waals surface area contributed by atoms with E-state index in [1.165, 1.54) is 19.3 Å². The monoisotopic (exact) mass is 376 g/mol. The SMILES string of the molecule is O=C(c1nc2sccn2c1CN1CCC[C@@H](O)C1)N1CCCCCCC1. The Balaban J connectivity index is 1.59. The lowest BCUT2D eigenvalue weighted by molar-refractivity contribution is 0.0649. The topological polar surface area (TPSA) is 61.1 Å². The first-order valence-corrected chi connectivity index (χ1v) is 10.7. The minimum atomic E-state index is -0.261. The molecule has 2 aromatic heterocycles. The summed E-state index contributed by atoms with van der Waals surface area (Å²) in [6.45, 7) is 3.99. The summed E-state index contributed by atoms with van der Waals surface area (Å²) in [6, 6.07) is 0. The van der Waals surface area contributed by atoms with Crippen LogP contribution in [0.5, 0.6) is 0 Å². The van der Waals surface area contributed by atoms with Crippen molar-refractivity contribution in [1.29, 1.82) is 0 Å². The second-order valence-corrected chi connectivity index (χ2v) is 8.43. The van der Waals surface area contributed by atoms with Crippen molar-refractivity contribution < 1.29 is 9.90 Å². The average Bonchev–Trinajstić information content (AvgIpc) is 3.17. The Morgan fingerprint density at radius 2 is 1.92 bits per heavy atom. The number of β-amino-alcohol motifs (C(OH)–C–C–N with tert-alkyl or cyclic N) is 1. The molecule has 142 valence electrons. The van der Waals surface area contributed by atoms with E-state index >= 15 is 0 Å². The lowest BCUT2D eigenvalue weighted by Gasteiger charge is -2.30. The van der Waals surface area contributed by atoms with Crippen molar-refractivity contribution in [1.82, 2.24) is 19.2 Å². The number of thiazole rings is 1. The molecule has 2 aromatic rings. The largest absolute Gasteiger partial charge is 0.392 e. The molecule has 0 radical (unpaired) electrons. The minimum absolute atomic E-state index is 0.0790. The lowest BCUT2D eigenvalue weighted by Crippen LogP contribution is -2.39. The normalized spacial score (nSPS) is 23.1. The van der Waals surface area contributed by atoms with Gasteiger partial charge >= 0.3 is 0 Å². The number of likely N-dealkylation sites (tertiary alicyclic amines) is 2. The molecule has 0 aromatic carbocycles. The highest BCUT2D eigenvalue weighted by molar-refractivity contribution is 7.15. The number of carbonyl (C=O) groups is 1. The number of aliphatic hydroxyl groups excluding tert-OH is 1. The van der Waals surface area contributed by atoms with Crippen LogP contribution in [-0.4, -0.2) is 62.5 Å². The van der Waals surface area contributed by atoms with Crippen molar-refractivity contribution in [2.24, 2.45) is 0 Å². The molecule has 1 atom stereocenters. The quantitative estimate of drug-likeness (QED) is 0.895. The molecule has 0 aliphatic carbocycles. The van der Waals surface area contributed by atoms with Gasteiger partial charge in [0.2, 0.25) is 0 Å². The number of hydrogen-bond acceptors (Lipinski definition) is 5. The number of rotatable bonds is 3. The fraction of sp³-hybridized carbons (Fsp3) is 0.684. The molecule has 2 aliphatic heterocycles. The van der Waals surface area contributed by atoms with E-state index in [4.69, 9.17) is 0 Å². The Hall–Kier alpha value is -1.44. The van der Waals surface area contributed by atoms with E-state index < -0.39 is 0 Å². The van der Waals surface area contributed by atoms with Crippen molar-refractivity contribution in [3.8, 4) is 0 Å². The zero-order valence-electron chi connectivity index (χ0n) is 15.3. The van der Waals surface area contributed by atoms with E-state index in [0.29, 0.717) is 18.8 Å². The van der Waals surface area contributed by atoms with Gasteiger partial charge in [-0.1, -0.05) is 19.3 Å². The third-order valence-electron chi connectivity index (χ3n) is 5.56. The van der Waals surface area contributed by atoms with Crippen molar-refractivity contribution in [2.75, 3.05) is 26.2 Å². The van der Waals surface area contributed by atoms with E-state index in [9.17, 15) is 9.90 Å². The van der Waals surface area contributed by atoms with Gasteiger partial charge in [0.15, 0.2) is 10.7 Å². The molecular weight excluding hydrogens is 348 g/mol. The molecule has 2 fully saturated rings. The number of hydrogen-bond donors (Lipinski definition) is 1. The number of nitrogens with zero attached hydrogens (tertiary/aromatic N) is 4. The second-order valence-electron chi connectivity index (χ2n) is 7.55. The summed E-state index contributed by atoms with van der Waals surface area (Å²) >= 11 is 1.57. The number of amides is 1. The van der Waals surface area contributed by atoms with Gasteiger partial charge < -0.3 is 10.0 Å². The van der Waals surface area contributed by atoms with Crippen LogP contribution in [-0.2, 0) is 6.54 Å². The molecule has 7 heteroatoms. The number of fused-ring (bicyclic) bond motifs is 1. The van der Waals surface area contributed by atoms with E-state index in [1.54, 1.807) is 11.3 Å². The summed E-state index contributed by atoms with van der Waals surface area (Å²) in [4.78, 5) is 23.1. The number of piperidine rings is 1. The molecule has 2 aliphatic rings. The maximum atomic E-state index is 13.2. The Bertz CT molecular complexity index is 748. The molecule has 0 saturated carbocycles. The molecule has 0 spiro atoms. The maximum absolute atomic E-state index is 13.2. The Kier molecular flexibility index (Phi) is 5.57. The van der Waals surface area contributed by atoms with Crippen LogP contribution < -0.4 is 0 Å². The molecule has 0 bridgehead atoms. The van der Waals surface area contributed by atoms with Crippen LogP contribution in [0.25, 0.3) is 4.96 Å². The van der Waals surface area contributed by atoms with Gasteiger partial charge in [0.05, 0.1) is 11.8 Å². The molecule has 1 N–H and O–H groups in total. The van der Waals surface area contributed by atoms with E-state index in [0.717, 1.165) is 56.0 Å². The number of aliphatic hydroxyl groups is 1. The van der Waals surface area contributed by atoms with Crippen LogP contribution >= 0.6 is 11.3 Å². The zero-order chi connectivity index (χ0) is 17.9. The number of aromatic nitrogens is 2. The van der Waals surface area contributed by atoms with E-state index in [-0.39, 0.29) is 12.0 Å². The van der Waals surface area contributed by atoms with Gasteiger partial charge in [-0.3, -0.25) is 14.1 Å². The van der Waals surface area contributed by atoms with Crippen LogP contribution in [0.3, 0.4) is 0 Å². The van der Waals surface area contributed by atoms with Crippen molar-refractivity contribution in [3.05, 3.63) is 23.0 Å². The van der Waals surface area contributed by atoms with Gasteiger partial charge in [-0.05, 0) is 32.2 Å². The highest BCUT2D eigenvalue weighted by Crippen LogP contribution is 2.23. The van der Waals surface area contributed by atoms with E-state index in [2.05, 4.69) is 14.3 Å². The van der Waals surface area contributed by atoms with Crippen LogP contribution in [0.2, 0.25) is 0 Å². The van der Waals surface area contributed by atoms with Gasteiger partial charge in [-0.2, -0.15) is 0 Å². The summed E-state index contributed by atoms with van der Waals surface area (Å²) in [5.74, 6) is 0.0790. The van der Waals surface area contributed by atoms with Gasteiger partial charge in [0.25, 0.3) is 5.91 Å². The summed E-state index contributed by atoms with van der Waals surface area (Å²) < 4.78 is 2.06. The molecule has 0 unspecified atom stereocenters. The zero-order valence-corrected chi connectivity index (χ0v) is 16.1. The smallest absolute Gasteiger partial charge is 0.274 e. The first kappa shape index (κ1) is 17.9. The summed E-state index contributed by atoms with van der Waals surface area (Å²) in [5, 5.41) is 12.0. The third-order valence-corrected chi connectivity index (χ3v) is 6.32. The third kappa shape index (κ3) is 3.80. The molecule has 6 nitrogen and oxygen atoms in total. The summed E-state index contributed by atoms with van der Waals surface area (Å²) in [7, 11) is 0. The standard InChI is InChI=1S/C19H28N4O2S/c24-15-7-6-8-21(13-15)14-16-17(20-19-23(16)11-12-26-19)18(25)22-9-4-2-1-3-5-10-22/h11-12,15,24H,1-10,13-14H2/t15-/m1/s1. The Labute approximate surface area is 158 Å². The predicted octanol–water partition coefficient (Wildman–Crippen LogP) is 2.76. The van der Waals surface area contributed by atoms with Gasteiger partial charge in [0.1, 0.15) is 0 Å². The van der Waals surface area contributed by atoms with Gasteiger partial charge in [0, 0.05) is 37.8 Å². The fourth-order valence-corrected chi connectivity index (χ4v) is 4.87. The van der Waals surface area contributed by atoms with E-state index in [1.807, 2.05) is 16.5 Å². The van der Waals surface area contributed by atoms with Crippen molar-refractivity contribution in [3.63, 3.8) is 0 Å². The highest BCUT2D eigenvalue weighted by Gasteiger charge is 2.27. The highest BCUT2D eigenvalue weighted by atomic mass is 32.1. The predicted molar refractivity (Wildman–Crippen MR) is 103 cm³/mol. The summed E-state index contributed by atoms with van der Waals surface area (Å²) in [5.41, 5.74) is 1.58. The van der Waals surface area contributed by atoms with Gasteiger partial charge in [-0.25, -0.2) is 4.98 Å². The van der Waals surface area contributed by atoms with Crippen molar-refractivity contribution in [2.45, 2.75) is 57.6 Å². The Morgan fingerprint density at radius 3 is 2.69 bits per heavy atom. The van der Waals surface area contributed by atoms with Crippen LogP contribution in [0.15, 0.2) is 11.6 Å². The fourth-order valence-electron chi connectivity index (χ4n) is 4.14. The molecule has 4 rings (SSSR count). The molecule has 2 saturated heterocycles.